The van der Waals surface area contributed by atoms with Crippen LogP contribution in [0, 0.1) is 21.4 Å². The molecule has 0 fully saturated rings. The molecule has 0 heterocycles. The molecule has 0 aliphatic rings. The van der Waals surface area contributed by atoms with Crippen molar-refractivity contribution in [3.8, 4) is 6.07 Å². The molecule has 1 aromatic rings. The van der Waals surface area contributed by atoms with E-state index >= 15 is 0 Å². The second kappa shape index (κ2) is 5.30. The molecule has 0 saturated carbocycles. The Labute approximate surface area is 108 Å². The van der Waals surface area contributed by atoms with E-state index in [-0.39, 0.29) is 16.5 Å². The molecule has 0 radical (unpaired) electrons. The van der Waals surface area contributed by atoms with Gasteiger partial charge in [-0.2, -0.15) is 9.57 Å². The van der Waals surface area contributed by atoms with Crippen LogP contribution in [0.15, 0.2) is 23.1 Å². The lowest BCUT2D eigenvalue weighted by molar-refractivity contribution is -0.384. The summed E-state index contributed by atoms with van der Waals surface area (Å²) in [4.78, 5) is 9.60. The molecule has 0 spiro atoms. The minimum atomic E-state index is -3.93. The Morgan fingerprint density at radius 2 is 2.17 bits per heavy atom. The number of hydrogen-bond acceptors (Lipinski definition) is 5. The third kappa shape index (κ3) is 2.76. The molecule has 1 rings (SSSR count). The zero-order chi connectivity index (χ0) is 13.9. The summed E-state index contributed by atoms with van der Waals surface area (Å²) in [5.74, 6) is 0. The van der Waals surface area contributed by atoms with Gasteiger partial charge in [-0.15, -0.1) is 0 Å². The average Bonchev–Trinajstić information content (AvgIpc) is 2.29. The summed E-state index contributed by atoms with van der Waals surface area (Å²) >= 11 is 5.58. The molecule has 96 valence electrons. The number of nitro benzene ring substituents is 1. The van der Waals surface area contributed by atoms with Crippen LogP contribution in [0.1, 0.15) is 0 Å². The van der Waals surface area contributed by atoms with Gasteiger partial charge in [0, 0.05) is 13.1 Å². The van der Waals surface area contributed by atoms with E-state index < -0.39 is 20.6 Å². The normalized spacial score (nSPS) is 11.2. The van der Waals surface area contributed by atoms with Crippen molar-refractivity contribution in [3.05, 3.63) is 33.3 Å². The summed E-state index contributed by atoms with van der Waals surface area (Å²) in [7, 11) is -2.72. The monoisotopic (exact) mass is 289 g/mol. The molecule has 9 heteroatoms. The van der Waals surface area contributed by atoms with Gasteiger partial charge in [-0.3, -0.25) is 10.1 Å². The molecular weight excluding hydrogens is 282 g/mol. The van der Waals surface area contributed by atoms with Crippen LogP contribution in [0.4, 0.5) is 5.69 Å². The molecule has 0 atom stereocenters. The fourth-order valence-corrected chi connectivity index (χ4v) is 2.43. The van der Waals surface area contributed by atoms with Crippen LogP contribution >= 0.6 is 11.6 Å². The Hall–Kier alpha value is -1.69. The Morgan fingerprint density at radius 3 is 2.67 bits per heavy atom. The lowest BCUT2D eigenvalue weighted by Crippen LogP contribution is -2.27. The summed E-state index contributed by atoms with van der Waals surface area (Å²) in [6, 6.07) is 4.83. The van der Waals surface area contributed by atoms with Gasteiger partial charge in [0.2, 0.25) is 10.0 Å². The minimum Gasteiger partial charge on any atom is -0.258 e. The van der Waals surface area contributed by atoms with Crippen LogP contribution in [0.5, 0.6) is 0 Å². The molecule has 0 aliphatic heterocycles. The topological polar surface area (TPSA) is 104 Å². The fourth-order valence-electron chi connectivity index (χ4n) is 1.16. The van der Waals surface area contributed by atoms with Crippen molar-refractivity contribution in [1.29, 1.82) is 5.26 Å². The van der Waals surface area contributed by atoms with Crippen molar-refractivity contribution in [3.63, 3.8) is 0 Å². The third-order valence-electron chi connectivity index (χ3n) is 2.12. The highest BCUT2D eigenvalue weighted by Gasteiger charge is 2.24. The van der Waals surface area contributed by atoms with Crippen molar-refractivity contribution in [2.45, 2.75) is 4.90 Å². The van der Waals surface area contributed by atoms with Crippen LogP contribution in [0.25, 0.3) is 0 Å². The SMILES string of the molecule is CN(CC#N)S(=O)(=O)c1ccc(Cl)c([N+](=O)[O-])c1. The fraction of sp³-hybridized carbons (Fsp3) is 0.222. The number of hydrogen-bond donors (Lipinski definition) is 0. The number of nitriles is 1. The van der Waals surface area contributed by atoms with E-state index in [9.17, 15) is 18.5 Å². The van der Waals surface area contributed by atoms with Gasteiger partial charge >= 0.3 is 0 Å². The molecule has 18 heavy (non-hydrogen) atoms. The summed E-state index contributed by atoms with van der Waals surface area (Å²) in [5.41, 5.74) is -0.497. The Balaban J connectivity index is 3.31. The van der Waals surface area contributed by atoms with Gasteiger partial charge in [-0.1, -0.05) is 11.6 Å². The van der Waals surface area contributed by atoms with E-state index in [0.29, 0.717) is 0 Å². The molecule has 0 aliphatic carbocycles. The Bertz CT molecular complexity index is 623. The van der Waals surface area contributed by atoms with E-state index in [1.165, 1.54) is 7.05 Å². The maximum atomic E-state index is 11.9. The summed E-state index contributed by atoms with van der Waals surface area (Å²) in [6.45, 7) is -0.348. The second-order valence-corrected chi connectivity index (χ2v) is 5.74. The van der Waals surface area contributed by atoms with E-state index in [1.54, 1.807) is 6.07 Å². The van der Waals surface area contributed by atoms with Gasteiger partial charge in [0.1, 0.15) is 11.6 Å². The van der Waals surface area contributed by atoms with Gasteiger partial charge in [-0.25, -0.2) is 8.42 Å². The van der Waals surface area contributed by atoms with Gasteiger partial charge < -0.3 is 0 Å². The molecule has 1 aromatic carbocycles. The molecule has 7 nitrogen and oxygen atoms in total. The molecule has 0 aromatic heterocycles. The van der Waals surface area contributed by atoms with E-state index in [1.807, 2.05) is 0 Å². The summed E-state index contributed by atoms with van der Waals surface area (Å²) in [5, 5.41) is 19.0. The number of rotatable bonds is 4. The van der Waals surface area contributed by atoms with E-state index in [2.05, 4.69) is 0 Å². The standard InChI is InChI=1S/C9H8ClN3O4S/c1-12(5-4-11)18(16,17)7-2-3-8(10)9(6-7)13(14)15/h2-3,6H,5H2,1H3. The number of nitrogens with zero attached hydrogens (tertiary/aromatic N) is 3. The molecule has 0 bridgehead atoms. The summed E-state index contributed by atoms with van der Waals surface area (Å²) < 4.78 is 24.6. The van der Waals surface area contributed by atoms with Crippen molar-refractivity contribution in [2.24, 2.45) is 0 Å². The molecule has 0 unspecified atom stereocenters. The lowest BCUT2D eigenvalue weighted by atomic mass is 10.3. The zero-order valence-electron chi connectivity index (χ0n) is 9.20. The van der Waals surface area contributed by atoms with Crippen LogP contribution in [-0.4, -0.2) is 31.2 Å². The van der Waals surface area contributed by atoms with Crippen LogP contribution in [0.2, 0.25) is 5.02 Å². The van der Waals surface area contributed by atoms with Gasteiger partial charge in [0.15, 0.2) is 0 Å². The van der Waals surface area contributed by atoms with Gasteiger partial charge in [-0.05, 0) is 12.1 Å². The second-order valence-electron chi connectivity index (χ2n) is 3.29. The first-order valence-corrected chi connectivity index (χ1v) is 6.39. The summed E-state index contributed by atoms with van der Waals surface area (Å²) in [6.07, 6.45) is 0. The first kappa shape index (κ1) is 14.4. The number of nitro groups is 1. The smallest absolute Gasteiger partial charge is 0.258 e. The minimum absolute atomic E-state index is 0.151. The maximum absolute atomic E-state index is 11.9. The maximum Gasteiger partial charge on any atom is 0.289 e. The van der Waals surface area contributed by atoms with Crippen molar-refractivity contribution < 1.29 is 13.3 Å². The molecule has 0 saturated heterocycles. The quantitative estimate of drug-likeness (QED) is 0.473. The predicted molar refractivity (Wildman–Crippen MR) is 63.5 cm³/mol. The van der Waals surface area contributed by atoms with Crippen molar-refractivity contribution >= 4 is 27.3 Å². The van der Waals surface area contributed by atoms with Crippen LogP contribution in [0.3, 0.4) is 0 Å². The predicted octanol–water partition coefficient (Wildman–Crippen LogP) is 1.39. The zero-order valence-corrected chi connectivity index (χ0v) is 10.8. The first-order chi connectivity index (χ1) is 8.30. The van der Waals surface area contributed by atoms with E-state index in [0.717, 1.165) is 22.5 Å². The highest BCUT2D eigenvalue weighted by molar-refractivity contribution is 7.89. The highest BCUT2D eigenvalue weighted by Crippen LogP contribution is 2.28. The van der Waals surface area contributed by atoms with Crippen molar-refractivity contribution in [1.82, 2.24) is 4.31 Å². The Morgan fingerprint density at radius 1 is 1.56 bits per heavy atom. The highest BCUT2D eigenvalue weighted by atomic mass is 35.5. The number of benzene rings is 1. The third-order valence-corrected chi connectivity index (χ3v) is 4.23. The van der Waals surface area contributed by atoms with Crippen LogP contribution < -0.4 is 0 Å². The Kier molecular flexibility index (Phi) is 4.24. The van der Waals surface area contributed by atoms with Crippen LogP contribution in [-0.2, 0) is 10.0 Å². The molecule has 0 amide bonds. The number of sulfonamides is 1. The molecular formula is C9H8ClN3O4S. The number of halogens is 1. The largest absolute Gasteiger partial charge is 0.289 e. The van der Waals surface area contributed by atoms with Crippen molar-refractivity contribution in [2.75, 3.05) is 13.6 Å². The average molecular weight is 290 g/mol. The lowest BCUT2D eigenvalue weighted by Gasteiger charge is -2.13. The van der Waals surface area contributed by atoms with Gasteiger partial charge in [0.05, 0.1) is 15.9 Å². The van der Waals surface area contributed by atoms with E-state index in [4.69, 9.17) is 16.9 Å². The first-order valence-electron chi connectivity index (χ1n) is 4.58. The van der Waals surface area contributed by atoms with Gasteiger partial charge in [0.25, 0.3) is 5.69 Å². The molecule has 0 N–H and O–H groups in total.